The SMILES string of the molecule is C=C(O)/C=C\C(=C)CCBr. The molecule has 0 amide bonds. The molecule has 0 aromatic carbocycles. The Hall–Kier alpha value is -0.500. The lowest BCUT2D eigenvalue weighted by Gasteiger charge is -1.92. The van der Waals surface area contributed by atoms with E-state index in [1.807, 2.05) is 0 Å². The molecule has 0 atom stereocenters. The minimum Gasteiger partial charge on any atom is -0.509 e. The second kappa shape index (κ2) is 5.30. The van der Waals surface area contributed by atoms with Crippen molar-refractivity contribution >= 4 is 15.9 Å². The Morgan fingerprint density at radius 2 is 2.00 bits per heavy atom. The maximum Gasteiger partial charge on any atom is 0.108 e. The van der Waals surface area contributed by atoms with Crippen LogP contribution in [0.2, 0.25) is 0 Å². The molecular formula is C8H11BrO. The third-order valence-corrected chi connectivity index (χ3v) is 1.32. The van der Waals surface area contributed by atoms with E-state index in [1.54, 1.807) is 6.08 Å². The second-order valence-electron chi connectivity index (χ2n) is 1.92. The standard InChI is InChI=1S/C8H11BrO/c1-7(5-6-9)3-4-8(2)10/h3-4,10H,1-2,5-6H2/b4-3-. The van der Waals surface area contributed by atoms with Crippen LogP contribution in [-0.4, -0.2) is 10.4 Å². The largest absolute Gasteiger partial charge is 0.509 e. The highest BCUT2D eigenvalue weighted by atomic mass is 79.9. The lowest BCUT2D eigenvalue weighted by atomic mass is 10.2. The first-order valence-corrected chi connectivity index (χ1v) is 4.08. The summed E-state index contributed by atoms with van der Waals surface area (Å²) in [4.78, 5) is 0. The molecule has 10 heavy (non-hydrogen) atoms. The molecule has 56 valence electrons. The molecule has 0 heterocycles. The highest BCUT2D eigenvalue weighted by molar-refractivity contribution is 9.09. The lowest BCUT2D eigenvalue weighted by molar-refractivity contribution is 0.435. The van der Waals surface area contributed by atoms with Gasteiger partial charge in [0.2, 0.25) is 0 Å². The molecule has 0 aromatic heterocycles. The normalized spacial score (nSPS) is 10.1. The van der Waals surface area contributed by atoms with Crippen LogP contribution in [0, 0.1) is 0 Å². The van der Waals surface area contributed by atoms with Crippen LogP contribution < -0.4 is 0 Å². The quantitative estimate of drug-likeness (QED) is 0.423. The lowest BCUT2D eigenvalue weighted by Crippen LogP contribution is -1.77. The first-order chi connectivity index (χ1) is 4.66. The Kier molecular flexibility index (Phi) is 5.03. The summed E-state index contributed by atoms with van der Waals surface area (Å²) in [5.74, 6) is 0.0655. The van der Waals surface area contributed by atoms with Crippen LogP contribution in [0.15, 0.2) is 36.6 Å². The number of aliphatic hydroxyl groups excluding tert-OH is 1. The summed E-state index contributed by atoms with van der Waals surface area (Å²) >= 11 is 3.28. The Bertz CT molecular complexity index is 159. The van der Waals surface area contributed by atoms with Gasteiger partial charge < -0.3 is 5.11 Å². The van der Waals surface area contributed by atoms with Crippen molar-refractivity contribution in [3.63, 3.8) is 0 Å². The number of halogens is 1. The summed E-state index contributed by atoms with van der Waals surface area (Å²) in [7, 11) is 0. The van der Waals surface area contributed by atoms with Crippen LogP contribution in [-0.2, 0) is 0 Å². The van der Waals surface area contributed by atoms with Crippen LogP contribution >= 0.6 is 15.9 Å². The Labute approximate surface area is 69.9 Å². The first-order valence-electron chi connectivity index (χ1n) is 2.96. The minimum atomic E-state index is 0.0655. The number of aliphatic hydroxyl groups is 1. The smallest absolute Gasteiger partial charge is 0.108 e. The summed E-state index contributed by atoms with van der Waals surface area (Å²) in [5.41, 5.74) is 0.979. The van der Waals surface area contributed by atoms with E-state index in [2.05, 4.69) is 29.1 Å². The number of allylic oxidation sites excluding steroid dienone is 3. The van der Waals surface area contributed by atoms with Crippen molar-refractivity contribution in [2.24, 2.45) is 0 Å². The minimum absolute atomic E-state index is 0.0655. The Morgan fingerprint density at radius 1 is 1.40 bits per heavy atom. The maximum absolute atomic E-state index is 8.64. The van der Waals surface area contributed by atoms with Gasteiger partial charge in [-0.1, -0.05) is 40.7 Å². The van der Waals surface area contributed by atoms with Crippen molar-refractivity contribution < 1.29 is 5.11 Å². The zero-order chi connectivity index (χ0) is 7.98. The van der Waals surface area contributed by atoms with Gasteiger partial charge in [-0.25, -0.2) is 0 Å². The molecule has 0 spiro atoms. The third kappa shape index (κ3) is 5.63. The van der Waals surface area contributed by atoms with Crippen molar-refractivity contribution in [2.75, 3.05) is 5.33 Å². The molecule has 0 saturated heterocycles. The Balaban J connectivity index is 3.67. The van der Waals surface area contributed by atoms with E-state index >= 15 is 0 Å². The molecule has 0 aromatic rings. The van der Waals surface area contributed by atoms with Gasteiger partial charge in [-0.05, 0) is 12.5 Å². The van der Waals surface area contributed by atoms with Crippen molar-refractivity contribution in [3.05, 3.63) is 36.6 Å². The average Bonchev–Trinajstić information content (AvgIpc) is 1.85. The molecule has 0 fully saturated rings. The molecule has 0 aliphatic carbocycles. The highest BCUT2D eigenvalue weighted by Gasteiger charge is 1.85. The van der Waals surface area contributed by atoms with Gasteiger partial charge in [0.1, 0.15) is 5.76 Å². The van der Waals surface area contributed by atoms with Crippen molar-refractivity contribution in [1.82, 2.24) is 0 Å². The predicted octanol–water partition coefficient (Wildman–Crippen LogP) is 2.96. The number of alkyl halides is 1. The van der Waals surface area contributed by atoms with Crippen LogP contribution in [0.4, 0.5) is 0 Å². The van der Waals surface area contributed by atoms with Crippen LogP contribution in [0.3, 0.4) is 0 Å². The van der Waals surface area contributed by atoms with Gasteiger partial charge in [-0.15, -0.1) is 0 Å². The van der Waals surface area contributed by atoms with Gasteiger partial charge in [0.25, 0.3) is 0 Å². The van der Waals surface area contributed by atoms with E-state index in [0.29, 0.717) is 0 Å². The Morgan fingerprint density at radius 3 is 2.40 bits per heavy atom. The molecule has 0 saturated carbocycles. The van der Waals surface area contributed by atoms with Crippen molar-refractivity contribution in [3.8, 4) is 0 Å². The predicted molar refractivity (Wildman–Crippen MR) is 48.5 cm³/mol. The topological polar surface area (TPSA) is 20.2 Å². The summed E-state index contributed by atoms with van der Waals surface area (Å²) in [5, 5.41) is 9.53. The third-order valence-electron chi connectivity index (χ3n) is 0.927. The summed E-state index contributed by atoms with van der Waals surface area (Å²) in [6, 6.07) is 0. The van der Waals surface area contributed by atoms with E-state index in [1.165, 1.54) is 6.08 Å². The first kappa shape index (κ1) is 9.50. The van der Waals surface area contributed by atoms with Crippen LogP contribution in [0.25, 0.3) is 0 Å². The van der Waals surface area contributed by atoms with E-state index in [9.17, 15) is 0 Å². The fourth-order valence-corrected chi connectivity index (χ4v) is 0.928. The van der Waals surface area contributed by atoms with Crippen molar-refractivity contribution in [1.29, 1.82) is 0 Å². The van der Waals surface area contributed by atoms with E-state index in [4.69, 9.17) is 5.11 Å². The van der Waals surface area contributed by atoms with Gasteiger partial charge in [0, 0.05) is 5.33 Å². The summed E-state index contributed by atoms with van der Waals surface area (Å²) in [6.45, 7) is 7.05. The van der Waals surface area contributed by atoms with Crippen molar-refractivity contribution in [2.45, 2.75) is 6.42 Å². The molecule has 0 unspecified atom stereocenters. The van der Waals surface area contributed by atoms with E-state index in [0.717, 1.165) is 17.3 Å². The van der Waals surface area contributed by atoms with Gasteiger partial charge in [0.05, 0.1) is 0 Å². The molecular weight excluding hydrogens is 192 g/mol. The number of rotatable bonds is 4. The maximum atomic E-state index is 8.64. The molecule has 0 rings (SSSR count). The van der Waals surface area contributed by atoms with Gasteiger partial charge in [-0.3, -0.25) is 0 Å². The molecule has 0 radical (unpaired) electrons. The van der Waals surface area contributed by atoms with Gasteiger partial charge in [0.15, 0.2) is 0 Å². The zero-order valence-electron chi connectivity index (χ0n) is 5.81. The highest BCUT2D eigenvalue weighted by Crippen LogP contribution is 2.03. The molecule has 0 aliphatic heterocycles. The molecule has 2 heteroatoms. The van der Waals surface area contributed by atoms with E-state index in [-0.39, 0.29) is 5.76 Å². The average molecular weight is 203 g/mol. The number of hydrogen-bond acceptors (Lipinski definition) is 1. The monoisotopic (exact) mass is 202 g/mol. The zero-order valence-corrected chi connectivity index (χ0v) is 7.39. The number of hydrogen-bond donors (Lipinski definition) is 1. The second-order valence-corrected chi connectivity index (χ2v) is 2.71. The van der Waals surface area contributed by atoms with Gasteiger partial charge in [-0.2, -0.15) is 0 Å². The van der Waals surface area contributed by atoms with Crippen LogP contribution in [0.5, 0.6) is 0 Å². The van der Waals surface area contributed by atoms with Gasteiger partial charge >= 0.3 is 0 Å². The molecule has 1 nitrogen and oxygen atoms in total. The summed E-state index contributed by atoms with van der Waals surface area (Å²) in [6.07, 6.45) is 4.18. The molecule has 0 aliphatic rings. The summed E-state index contributed by atoms with van der Waals surface area (Å²) < 4.78 is 0. The fraction of sp³-hybridized carbons (Fsp3) is 0.250. The van der Waals surface area contributed by atoms with Crippen LogP contribution in [0.1, 0.15) is 6.42 Å². The molecule has 1 N–H and O–H groups in total. The molecule has 0 bridgehead atoms. The fourth-order valence-electron chi connectivity index (χ4n) is 0.419. The van der Waals surface area contributed by atoms with E-state index < -0.39 is 0 Å².